The lowest BCUT2D eigenvalue weighted by molar-refractivity contribution is 0.668. The zero-order valence-electron chi connectivity index (χ0n) is 20.5. The molecular weight excluding hydrogens is 464 g/mol. The molecule has 0 radical (unpaired) electrons. The predicted molar refractivity (Wildman–Crippen MR) is 157 cm³/mol. The molecule has 8 rings (SSSR count). The van der Waals surface area contributed by atoms with Crippen molar-refractivity contribution in [3.63, 3.8) is 0 Å². The van der Waals surface area contributed by atoms with Crippen LogP contribution >= 0.6 is 0 Å². The van der Waals surface area contributed by atoms with Crippen LogP contribution in [0.3, 0.4) is 0 Å². The number of rotatable bonds is 3. The quantitative estimate of drug-likeness (QED) is 0.249. The first kappa shape index (κ1) is 21.0. The van der Waals surface area contributed by atoms with Crippen molar-refractivity contribution in [3.05, 3.63) is 134 Å². The molecule has 3 heterocycles. The summed E-state index contributed by atoms with van der Waals surface area (Å²) >= 11 is 0. The van der Waals surface area contributed by atoms with Crippen LogP contribution in [-0.2, 0) is 0 Å². The van der Waals surface area contributed by atoms with Gasteiger partial charge >= 0.3 is 0 Å². The largest absolute Gasteiger partial charge is 0.454 e. The van der Waals surface area contributed by atoms with Crippen molar-refractivity contribution in [2.75, 3.05) is 0 Å². The standard InChI is InChI=1S/C35H22N2O/c1-2-16-28(34-35-29(21-22-36-34)27-15-6-10-20-33(27)38-35)23(11-1)24-12-3-7-17-30(24)37-31-18-8-4-13-25(31)26-14-5-9-19-32(26)37/h1-22H. The Bertz CT molecular complexity index is 2090. The molecule has 3 aromatic heterocycles. The second-order valence-corrected chi connectivity index (χ2v) is 9.57. The van der Waals surface area contributed by atoms with Gasteiger partial charge in [0.15, 0.2) is 5.58 Å². The Morgan fingerprint density at radius 2 is 1.05 bits per heavy atom. The zero-order chi connectivity index (χ0) is 25.1. The van der Waals surface area contributed by atoms with Gasteiger partial charge in [-0.05, 0) is 35.9 Å². The van der Waals surface area contributed by atoms with Gasteiger partial charge in [0, 0.05) is 38.9 Å². The van der Waals surface area contributed by atoms with Crippen LogP contribution in [0.5, 0.6) is 0 Å². The Balaban J connectivity index is 1.43. The molecule has 0 saturated carbocycles. The Kier molecular flexibility index (Phi) is 4.52. The first-order valence-electron chi connectivity index (χ1n) is 12.8. The molecule has 8 aromatic rings. The number of hydrogen-bond acceptors (Lipinski definition) is 2. The SMILES string of the molecule is c1ccc(-c2nccc3c2oc2ccccc23)c(-c2ccccc2-n2c3ccccc3c3ccccc32)c1. The van der Waals surface area contributed by atoms with Gasteiger partial charge in [-0.2, -0.15) is 0 Å². The van der Waals surface area contributed by atoms with Crippen LogP contribution in [0.2, 0.25) is 0 Å². The van der Waals surface area contributed by atoms with E-state index in [2.05, 4.69) is 108 Å². The predicted octanol–water partition coefficient (Wildman–Crippen LogP) is 9.41. The number of benzene rings is 5. The number of fused-ring (bicyclic) bond motifs is 6. The second-order valence-electron chi connectivity index (χ2n) is 9.57. The Morgan fingerprint density at radius 1 is 0.474 bits per heavy atom. The number of nitrogens with zero attached hydrogens (tertiary/aromatic N) is 2. The maximum absolute atomic E-state index is 6.38. The van der Waals surface area contributed by atoms with E-state index in [0.29, 0.717) is 0 Å². The lowest BCUT2D eigenvalue weighted by Gasteiger charge is -2.16. The van der Waals surface area contributed by atoms with Crippen LogP contribution in [0.15, 0.2) is 138 Å². The highest BCUT2D eigenvalue weighted by Crippen LogP contribution is 2.41. The fraction of sp³-hybridized carbons (Fsp3) is 0. The summed E-state index contributed by atoms with van der Waals surface area (Å²) in [5.74, 6) is 0. The van der Waals surface area contributed by atoms with E-state index in [-0.39, 0.29) is 0 Å². The van der Waals surface area contributed by atoms with E-state index in [1.165, 1.54) is 21.8 Å². The fourth-order valence-corrected chi connectivity index (χ4v) is 5.85. The third-order valence-corrected chi connectivity index (χ3v) is 7.49. The maximum Gasteiger partial charge on any atom is 0.161 e. The van der Waals surface area contributed by atoms with Gasteiger partial charge in [0.05, 0.1) is 16.7 Å². The minimum absolute atomic E-state index is 0.815. The summed E-state index contributed by atoms with van der Waals surface area (Å²) in [5, 5.41) is 4.69. The van der Waals surface area contributed by atoms with Crippen LogP contribution < -0.4 is 0 Å². The molecule has 0 saturated heterocycles. The molecule has 178 valence electrons. The number of hydrogen-bond donors (Lipinski definition) is 0. The van der Waals surface area contributed by atoms with Gasteiger partial charge in [0.1, 0.15) is 11.3 Å². The lowest BCUT2D eigenvalue weighted by Crippen LogP contribution is -1.98. The van der Waals surface area contributed by atoms with Crippen LogP contribution in [0.25, 0.3) is 71.8 Å². The molecule has 0 fully saturated rings. The van der Waals surface area contributed by atoms with Crippen LogP contribution in [-0.4, -0.2) is 9.55 Å². The zero-order valence-corrected chi connectivity index (χ0v) is 20.5. The summed E-state index contributed by atoms with van der Waals surface area (Å²) in [6.45, 7) is 0. The third kappa shape index (κ3) is 2.99. The van der Waals surface area contributed by atoms with Crippen LogP contribution in [0.1, 0.15) is 0 Å². The average Bonchev–Trinajstić information content (AvgIpc) is 3.53. The molecule has 0 amide bonds. The molecule has 0 aliphatic carbocycles. The van der Waals surface area contributed by atoms with Crippen molar-refractivity contribution >= 4 is 43.7 Å². The molecule has 0 aliphatic rings. The molecule has 38 heavy (non-hydrogen) atoms. The van der Waals surface area contributed by atoms with Gasteiger partial charge in [0.25, 0.3) is 0 Å². The minimum atomic E-state index is 0.815. The summed E-state index contributed by atoms with van der Waals surface area (Å²) in [5.41, 5.74) is 9.36. The van der Waals surface area contributed by atoms with Crippen molar-refractivity contribution in [1.29, 1.82) is 0 Å². The summed E-state index contributed by atoms with van der Waals surface area (Å²) in [6.07, 6.45) is 1.88. The van der Waals surface area contributed by atoms with Crippen molar-refractivity contribution in [1.82, 2.24) is 9.55 Å². The normalized spacial score (nSPS) is 11.7. The van der Waals surface area contributed by atoms with E-state index in [9.17, 15) is 0 Å². The van der Waals surface area contributed by atoms with E-state index in [4.69, 9.17) is 9.40 Å². The fourth-order valence-electron chi connectivity index (χ4n) is 5.85. The molecule has 3 heteroatoms. The number of furan rings is 1. The van der Waals surface area contributed by atoms with Gasteiger partial charge in [0.2, 0.25) is 0 Å². The highest BCUT2D eigenvalue weighted by molar-refractivity contribution is 6.11. The van der Waals surface area contributed by atoms with Gasteiger partial charge in [-0.25, -0.2) is 0 Å². The van der Waals surface area contributed by atoms with E-state index in [1.807, 2.05) is 30.5 Å². The van der Waals surface area contributed by atoms with E-state index in [0.717, 1.165) is 50.0 Å². The van der Waals surface area contributed by atoms with Gasteiger partial charge in [-0.1, -0.05) is 97.1 Å². The van der Waals surface area contributed by atoms with Crippen molar-refractivity contribution in [2.24, 2.45) is 0 Å². The first-order chi connectivity index (χ1) is 18.9. The molecular formula is C35H22N2O. The molecule has 0 spiro atoms. The highest BCUT2D eigenvalue weighted by atomic mass is 16.3. The average molecular weight is 487 g/mol. The second kappa shape index (κ2) is 8.19. The summed E-state index contributed by atoms with van der Waals surface area (Å²) < 4.78 is 8.76. The van der Waals surface area contributed by atoms with Crippen molar-refractivity contribution in [2.45, 2.75) is 0 Å². The molecule has 5 aromatic carbocycles. The van der Waals surface area contributed by atoms with Crippen LogP contribution in [0, 0.1) is 0 Å². The summed E-state index contributed by atoms with van der Waals surface area (Å²) in [6, 6.07) is 44.6. The van der Waals surface area contributed by atoms with Crippen molar-refractivity contribution < 1.29 is 4.42 Å². The Morgan fingerprint density at radius 3 is 1.82 bits per heavy atom. The maximum atomic E-state index is 6.38. The summed E-state index contributed by atoms with van der Waals surface area (Å²) in [7, 11) is 0. The molecule has 0 N–H and O–H groups in total. The molecule has 3 nitrogen and oxygen atoms in total. The van der Waals surface area contributed by atoms with Crippen molar-refractivity contribution in [3.8, 4) is 28.1 Å². The van der Waals surface area contributed by atoms with E-state index < -0.39 is 0 Å². The number of pyridine rings is 1. The first-order valence-corrected chi connectivity index (χ1v) is 12.8. The van der Waals surface area contributed by atoms with Gasteiger partial charge < -0.3 is 8.98 Å². The van der Waals surface area contributed by atoms with Gasteiger partial charge in [-0.15, -0.1) is 0 Å². The molecule has 0 aliphatic heterocycles. The number of para-hydroxylation sites is 4. The Hall–Kier alpha value is -5.15. The monoisotopic (exact) mass is 486 g/mol. The van der Waals surface area contributed by atoms with E-state index >= 15 is 0 Å². The van der Waals surface area contributed by atoms with E-state index in [1.54, 1.807) is 0 Å². The smallest absolute Gasteiger partial charge is 0.161 e. The molecule has 0 atom stereocenters. The molecule has 0 bridgehead atoms. The lowest BCUT2D eigenvalue weighted by atomic mass is 9.95. The Labute approximate surface area is 219 Å². The highest BCUT2D eigenvalue weighted by Gasteiger charge is 2.19. The summed E-state index contributed by atoms with van der Waals surface area (Å²) in [4.78, 5) is 4.85. The number of aromatic nitrogens is 2. The molecule has 0 unspecified atom stereocenters. The van der Waals surface area contributed by atoms with Crippen LogP contribution in [0.4, 0.5) is 0 Å². The van der Waals surface area contributed by atoms with Gasteiger partial charge in [-0.3, -0.25) is 4.98 Å². The topological polar surface area (TPSA) is 31.0 Å². The third-order valence-electron chi connectivity index (χ3n) is 7.49. The minimum Gasteiger partial charge on any atom is -0.454 e.